The van der Waals surface area contributed by atoms with E-state index < -0.39 is 0 Å². The molecular formula is C13H18N2O2. The van der Waals surface area contributed by atoms with Gasteiger partial charge in [0.15, 0.2) is 0 Å². The average Bonchev–Trinajstić information content (AvgIpc) is 2.30. The second kappa shape index (κ2) is 6.68. The van der Waals surface area contributed by atoms with Crippen molar-refractivity contribution in [3.8, 4) is 0 Å². The number of carbonyl (C=O) groups is 1. The van der Waals surface area contributed by atoms with Crippen LogP contribution in [0.15, 0.2) is 29.4 Å². The average molecular weight is 234 g/mol. The Labute approximate surface area is 102 Å². The lowest BCUT2D eigenvalue weighted by molar-refractivity contribution is -0.143. The van der Waals surface area contributed by atoms with Crippen LogP contribution in [0.25, 0.3) is 0 Å². The first-order valence-electron chi connectivity index (χ1n) is 5.64. The van der Waals surface area contributed by atoms with Crippen LogP contribution in [0.2, 0.25) is 0 Å². The third-order valence-electron chi connectivity index (χ3n) is 2.22. The van der Waals surface area contributed by atoms with Gasteiger partial charge in [0.05, 0.1) is 6.21 Å². The van der Waals surface area contributed by atoms with E-state index >= 15 is 0 Å². The number of anilines is 1. The van der Waals surface area contributed by atoms with Gasteiger partial charge in [-0.15, -0.1) is 0 Å². The second-order valence-corrected chi connectivity index (χ2v) is 3.93. The highest BCUT2D eigenvalue weighted by atomic mass is 16.7. The van der Waals surface area contributed by atoms with Gasteiger partial charge in [-0.2, -0.15) is 0 Å². The maximum Gasteiger partial charge on any atom is 0.335 e. The quantitative estimate of drug-likeness (QED) is 0.446. The zero-order valence-corrected chi connectivity index (χ0v) is 10.5. The van der Waals surface area contributed by atoms with E-state index in [4.69, 9.17) is 0 Å². The van der Waals surface area contributed by atoms with Crippen LogP contribution in [-0.4, -0.2) is 26.3 Å². The van der Waals surface area contributed by atoms with Gasteiger partial charge in [0.1, 0.15) is 0 Å². The molecule has 0 spiro atoms. The second-order valence-electron chi connectivity index (χ2n) is 3.93. The number of hydrogen-bond acceptors (Lipinski definition) is 4. The van der Waals surface area contributed by atoms with Gasteiger partial charge in [0, 0.05) is 26.2 Å². The molecule has 0 N–H and O–H groups in total. The van der Waals surface area contributed by atoms with E-state index in [1.807, 2.05) is 50.2 Å². The zero-order chi connectivity index (χ0) is 12.7. The van der Waals surface area contributed by atoms with E-state index in [0.717, 1.165) is 17.7 Å². The van der Waals surface area contributed by atoms with Gasteiger partial charge in [-0.1, -0.05) is 24.2 Å². The largest absolute Gasteiger partial charge is 0.378 e. The fraction of sp³-hybridized carbons (Fsp3) is 0.385. The van der Waals surface area contributed by atoms with Crippen LogP contribution >= 0.6 is 0 Å². The van der Waals surface area contributed by atoms with E-state index in [1.54, 1.807) is 0 Å². The van der Waals surface area contributed by atoms with Gasteiger partial charge >= 0.3 is 5.97 Å². The first kappa shape index (κ1) is 13.2. The fourth-order valence-electron chi connectivity index (χ4n) is 1.25. The summed E-state index contributed by atoms with van der Waals surface area (Å²) in [4.78, 5) is 17.7. The minimum absolute atomic E-state index is 0.298. The molecule has 0 radical (unpaired) electrons. The van der Waals surface area contributed by atoms with Crippen LogP contribution in [-0.2, 0) is 9.63 Å². The van der Waals surface area contributed by atoms with E-state index in [-0.39, 0.29) is 5.97 Å². The number of benzene rings is 1. The van der Waals surface area contributed by atoms with E-state index in [0.29, 0.717) is 6.42 Å². The highest BCUT2D eigenvalue weighted by Gasteiger charge is 1.98. The molecule has 0 heterocycles. The summed E-state index contributed by atoms with van der Waals surface area (Å²) in [5.74, 6) is -0.298. The molecule has 1 aromatic rings. The standard InChI is InChI=1S/C13H18N2O2/c1-4-5-13(16)17-14-10-11-6-8-12(9-7-11)15(2)3/h6-10H,4-5H2,1-3H3/b14-10+. The molecule has 4 heteroatoms. The maximum absolute atomic E-state index is 11.0. The summed E-state index contributed by atoms with van der Waals surface area (Å²) in [5.41, 5.74) is 2.02. The highest BCUT2D eigenvalue weighted by molar-refractivity contribution is 5.80. The molecular weight excluding hydrogens is 216 g/mol. The molecule has 0 aliphatic carbocycles. The number of nitrogens with zero attached hydrogens (tertiary/aromatic N) is 2. The molecule has 92 valence electrons. The molecule has 1 aromatic carbocycles. The lowest BCUT2D eigenvalue weighted by Crippen LogP contribution is -2.08. The van der Waals surface area contributed by atoms with Crippen molar-refractivity contribution in [2.24, 2.45) is 5.16 Å². The molecule has 1 rings (SSSR count). The van der Waals surface area contributed by atoms with E-state index in [1.165, 1.54) is 6.21 Å². The van der Waals surface area contributed by atoms with Crippen LogP contribution in [0.5, 0.6) is 0 Å². The minimum atomic E-state index is -0.298. The summed E-state index contributed by atoms with van der Waals surface area (Å²) < 4.78 is 0. The smallest absolute Gasteiger partial charge is 0.335 e. The van der Waals surface area contributed by atoms with Crippen molar-refractivity contribution >= 4 is 17.9 Å². The molecule has 0 saturated carbocycles. The van der Waals surface area contributed by atoms with Crippen molar-refractivity contribution in [3.63, 3.8) is 0 Å². The van der Waals surface area contributed by atoms with Gasteiger partial charge in [-0.3, -0.25) is 0 Å². The van der Waals surface area contributed by atoms with E-state index in [2.05, 4.69) is 9.99 Å². The molecule has 17 heavy (non-hydrogen) atoms. The number of rotatable bonds is 5. The normalized spacial score (nSPS) is 10.5. The fourth-order valence-corrected chi connectivity index (χ4v) is 1.25. The summed E-state index contributed by atoms with van der Waals surface area (Å²) in [6.07, 6.45) is 2.70. The Bertz CT molecular complexity index is 383. The first-order valence-corrected chi connectivity index (χ1v) is 5.64. The summed E-state index contributed by atoms with van der Waals surface area (Å²) >= 11 is 0. The van der Waals surface area contributed by atoms with Crippen molar-refractivity contribution in [2.45, 2.75) is 19.8 Å². The highest BCUT2D eigenvalue weighted by Crippen LogP contribution is 2.10. The summed E-state index contributed by atoms with van der Waals surface area (Å²) in [5, 5.41) is 3.65. The zero-order valence-electron chi connectivity index (χ0n) is 10.5. The third kappa shape index (κ3) is 4.68. The van der Waals surface area contributed by atoms with E-state index in [9.17, 15) is 4.79 Å². The van der Waals surface area contributed by atoms with Gasteiger partial charge < -0.3 is 9.74 Å². The van der Waals surface area contributed by atoms with Crippen molar-refractivity contribution in [3.05, 3.63) is 29.8 Å². The van der Waals surface area contributed by atoms with Crippen LogP contribution in [0.3, 0.4) is 0 Å². The third-order valence-corrected chi connectivity index (χ3v) is 2.22. The van der Waals surface area contributed by atoms with Gasteiger partial charge in [-0.05, 0) is 24.1 Å². The Morgan fingerprint density at radius 1 is 1.35 bits per heavy atom. The Kier molecular flexibility index (Phi) is 5.20. The molecule has 0 aliphatic heterocycles. The molecule has 0 aromatic heterocycles. The lowest BCUT2D eigenvalue weighted by atomic mass is 10.2. The first-order chi connectivity index (χ1) is 8.13. The lowest BCUT2D eigenvalue weighted by Gasteiger charge is -2.11. The number of hydrogen-bond donors (Lipinski definition) is 0. The summed E-state index contributed by atoms with van der Waals surface area (Å²) in [6.45, 7) is 1.92. The Morgan fingerprint density at radius 2 is 2.00 bits per heavy atom. The molecule has 0 fully saturated rings. The van der Waals surface area contributed by atoms with Gasteiger partial charge in [0.25, 0.3) is 0 Å². The molecule has 0 unspecified atom stereocenters. The van der Waals surface area contributed by atoms with Crippen molar-refractivity contribution in [1.82, 2.24) is 0 Å². The molecule has 0 aliphatic rings. The SMILES string of the molecule is CCCC(=O)O/N=C/c1ccc(N(C)C)cc1. The maximum atomic E-state index is 11.0. The van der Waals surface area contributed by atoms with Crippen LogP contribution < -0.4 is 4.90 Å². The van der Waals surface area contributed by atoms with Gasteiger partial charge in [-0.25, -0.2) is 4.79 Å². The molecule has 0 atom stereocenters. The van der Waals surface area contributed by atoms with Gasteiger partial charge in [0.2, 0.25) is 0 Å². The molecule has 0 bridgehead atoms. The Hall–Kier alpha value is -1.84. The predicted octanol–water partition coefficient (Wildman–Crippen LogP) is 2.43. The molecule has 0 saturated heterocycles. The van der Waals surface area contributed by atoms with Crippen LogP contribution in [0.1, 0.15) is 25.3 Å². The van der Waals surface area contributed by atoms with Crippen molar-refractivity contribution in [2.75, 3.05) is 19.0 Å². The van der Waals surface area contributed by atoms with Crippen LogP contribution in [0, 0.1) is 0 Å². The summed E-state index contributed by atoms with van der Waals surface area (Å²) in [7, 11) is 3.96. The van der Waals surface area contributed by atoms with Crippen molar-refractivity contribution < 1.29 is 9.63 Å². The van der Waals surface area contributed by atoms with Crippen LogP contribution in [0.4, 0.5) is 5.69 Å². The topological polar surface area (TPSA) is 41.9 Å². The Morgan fingerprint density at radius 3 is 2.53 bits per heavy atom. The Balaban J connectivity index is 2.51. The predicted molar refractivity (Wildman–Crippen MR) is 69.4 cm³/mol. The summed E-state index contributed by atoms with van der Waals surface area (Å²) in [6, 6.07) is 7.81. The molecule has 0 amide bonds. The molecule has 4 nitrogen and oxygen atoms in total. The minimum Gasteiger partial charge on any atom is -0.378 e. The van der Waals surface area contributed by atoms with Crippen molar-refractivity contribution in [1.29, 1.82) is 0 Å². The monoisotopic (exact) mass is 234 g/mol. The number of carbonyl (C=O) groups excluding carboxylic acids is 1. The number of oxime groups is 1.